The van der Waals surface area contributed by atoms with Gasteiger partial charge in [-0.2, -0.15) is 0 Å². The molecule has 0 saturated carbocycles. The van der Waals surface area contributed by atoms with E-state index in [-0.39, 0.29) is 0 Å². The Balaban J connectivity index is 2.69. The zero-order chi connectivity index (χ0) is 10.8. The van der Waals surface area contributed by atoms with Gasteiger partial charge in [-0.3, -0.25) is 0 Å². The number of halogens is 3. The molecule has 0 N–H and O–H groups in total. The van der Waals surface area contributed by atoms with Crippen molar-refractivity contribution in [3.8, 4) is 11.1 Å². The van der Waals surface area contributed by atoms with Gasteiger partial charge in [0.2, 0.25) is 0 Å². The van der Waals surface area contributed by atoms with Crippen LogP contribution in [0.2, 0.25) is 0 Å². The van der Waals surface area contributed by atoms with Crippen molar-refractivity contribution in [2.24, 2.45) is 0 Å². The van der Waals surface area contributed by atoms with Crippen LogP contribution in [-0.4, -0.2) is 0 Å². The fourth-order valence-corrected chi connectivity index (χ4v) is 3.50. The van der Waals surface area contributed by atoms with E-state index in [2.05, 4.69) is 90.8 Å². The summed E-state index contributed by atoms with van der Waals surface area (Å²) in [5, 5.41) is 0. The Morgan fingerprint density at radius 1 is 0.800 bits per heavy atom. The first kappa shape index (κ1) is 11.6. The zero-order valence-electron chi connectivity index (χ0n) is 7.68. The molecular formula is C12H7Br2I. The summed E-state index contributed by atoms with van der Waals surface area (Å²) >= 11 is 9.52. The van der Waals surface area contributed by atoms with Crippen LogP contribution in [0.5, 0.6) is 0 Å². The van der Waals surface area contributed by atoms with E-state index in [1.54, 1.807) is 0 Å². The summed E-state index contributed by atoms with van der Waals surface area (Å²) in [5.74, 6) is 0. The maximum Gasteiger partial charge on any atom is 0.0265 e. The van der Waals surface area contributed by atoms with Crippen LogP contribution >= 0.6 is 54.5 Å². The van der Waals surface area contributed by atoms with E-state index in [4.69, 9.17) is 0 Å². The highest BCUT2D eigenvalue weighted by Crippen LogP contribution is 2.36. The molecule has 0 radical (unpaired) electrons. The minimum Gasteiger partial charge on any atom is -0.0616 e. The topological polar surface area (TPSA) is 0 Å². The Hall–Kier alpha value is 0.130. The molecule has 0 aliphatic rings. The van der Waals surface area contributed by atoms with Crippen LogP contribution in [0.4, 0.5) is 0 Å². The molecule has 0 heterocycles. The molecule has 0 aromatic heterocycles. The minimum absolute atomic E-state index is 1.11. The smallest absolute Gasteiger partial charge is 0.0265 e. The van der Waals surface area contributed by atoms with E-state index in [1.165, 1.54) is 14.7 Å². The second-order valence-electron chi connectivity index (χ2n) is 3.08. The summed E-state index contributed by atoms with van der Waals surface area (Å²) in [6.07, 6.45) is 0. The van der Waals surface area contributed by atoms with Crippen LogP contribution in [0, 0.1) is 3.57 Å². The molecule has 0 atom stereocenters. The Kier molecular flexibility index (Phi) is 3.85. The van der Waals surface area contributed by atoms with E-state index >= 15 is 0 Å². The Morgan fingerprint density at radius 3 is 2.00 bits per heavy atom. The summed E-state index contributed by atoms with van der Waals surface area (Å²) < 4.78 is 3.48. The number of hydrogen-bond donors (Lipinski definition) is 0. The Bertz CT molecular complexity index is 474. The summed E-state index contributed by atoms with van der Waals surface area (Å²) in [6.45, 7) is 0. The van der Waals surface area contributed by atoms with Crippen LogP contribution < -0.4 is 0 Å². The van der Waals surface area contributed by atoms with Gasteiger partial charge in [0.15, 0.2) is 0 Å². The predicted molar refractivity (Wildman–Crippen MR) is 80.0 cm³/mol. The summed E-state index contributed by atoms with van der Waals surface area (Å²) in [4.78, 5) is 0. The van der Waals surface area contributed by atoms with Gasteiger partial charge in [-0.1, -0.05) is 56.1 Å². The fraction of sp³-hybridized carbons (Fsp3) is 0. The molecular weight excluding hydrogens is 431 g/mol. The second-order valence-corrected chi connectivity index (χ2v) is 5.95. The van der Waals surface area contributed by atoms with Gasteiger partial charge in [0.1, 0.15) is 0 Å². The van der Waals surface area contributed by atoms with E-state index in [0.717, 1.165) is 8.95 Å². The molecule has 0 aliphatic heterocycles. The minimum atomic E-state index is 1.11. The first-order valence-electron chi connectivity index (χ1n) is 4.39. The maximum absolute atomic E-state index is 3.58. The molecule has 0 unspecified atom stereocenters. The van der Waals surface area contributed by atoms with Gasteiger partial charge in [-0.25, -0.2) is 0 Å². The SMILES string of the molecule is Brc1cccc(Br)c1-c1ccccc1I. The number of benzene rings is 2. The molecule has 3 heteroatoms. The van der Waals surface area contributed by atoms with Gasteiger partial charge in [0.05, 0.1) is 0 Å². The Morgan fingerprint density at radius 2 is 1.40 bits per heavy atom. The van der Waals surface area contributed by atoms with Gasteiger partial charge in [-0.05, 0) is 46.4 Å². The molecule has 76 valence electrons. The lowest BCUT2D eigenvalue weighted by Gasteiger charge is -2.09. The predicted octanol–water partition coefficient (Wildman–Crippen LogP) is 5.48. The lowest BCUT2D eigenvalue weighted by Crippen LogP contribution is -1.85. The first-order chi connectivity index (χ1) is 7.20. The van der Waals surface area contributed by atoms with Gasteiger partial charge < -0.3 is 0 Å². The molecule has 2 aromatic rings. The molecule has 0 amide bonds. The average Bonchev–Trinajstić information content (AvgIpc) is 2.20. The first-order valence-corrected chi connectivity index (χ1v) is 7.05. The largest absolute Gasteiger partial charge is 0.0616 e. The van der Waals surface area contributed by atoms with Crippen molar-refractivity contribution in [2.45, 2.75) is 0 Å². The summed E-state index contributed by atoms with van der Waals surface area (Å²) in [5.41, 5.74) is 2.46. The second kappa shape index (κ2) is 4.97. The third-order valence-electron chi connectivity index (χ3n) is 2.11. The monoisotopic (exact) mass is 436 g/mol. The van der Waals surface area contributed by atoms with Gasteiger partial charge in [-0.15, -0.1) is 0 Å². The lowest BCUT2D eigenvalue weighted by atomic mass is 10.1. The van der Waals surface area contributed by atoms with Crippen LogP contribution in [-0.2, 0) is 0 Å². The third kappa shape index (κ3) is 2.45. The number of hydrogen-bond acceptors (Lipinski definition) is 0. The van der Waals surface area contributed by atoms with Crippen molar-refractivity contribution in [2.75, 3.05) is 0 Å². The van der Waals surface area contributed by atoms with Crippen LogP contribution in [0.15, 0.2) is 51.4 Å². The van der Waals surface area contributed by atoms with Crippen molar-refractivity contribution in [1.82, 2.24) is 0 Å². The van der Waals surface area contributed by atoms with Crippen molar-refractivity contribution in [1.29, 1.82) is 0 Å². The standard InChI is InChI=1S/C12H7Br2I/c13-9-5-3-6-10(14)12(9)8-4-1-2-7-11(8)15/h1-7H. The molecule has 2 aromatic carbocycles. The van der Waals surface area contributed by atoms with Gasteiger partial charge in [0.25, 0.3) is 0 Å². The van der Waals surface area contributed by atoms with E-state index in [0.29, 0.717) is 0 Å². The van der Waals surface area contributed by atoms with Crippen LogP contribution in [0.3, 0.4) is 0 Å². The highest BCUT2D eigenvalue weighted by molar-refractivity contribution is 14.1. The highest BCUT2D eigenvalue weighted by atomic mass is 127. The quantitative estimate of drug-likeness (QED) is 0.518. The van der Waals surface area contributed by atoms with Crippen molar-refractivity contribution in [3.63, 3.8) is 0 Å². The van der Waals surface area contributed by atoms with E-state index in [9.17, 15) is 0 Å². The van der Waals surface area contributed by atoms with Crippen molar-refractivity contribution < 1.29 is 0 Å². The van der Waals surface area contributed by atoms with E-state index in [1.807, 2.05) is 6.07 Å². The molecule has 0 nitrogen and oxygen atoms in total. The fourth-order valence-electron chi connectivity index (χ4n) is 1.42. The van der Waals surface area contributed by atoms with Gasteiger partial charge >= 0.3 is 0 Å². The van der Waals surface area contributed by atoms with Gasteiger partial charge in [0, 0.05) is 18.1 Å². The molecule has 2 rings (SSSR count). The van der Waals surface area contributed by atoms with Crippen molar-refractivity contribution >= 4 is 54.5 Å². The highest BCUT2D eigenvalue weighted by Gasteiger charge is 2.09. The van der Waals surface area contributed by atoms with Crippen LogP contribution in [0.25, 0.3) is 11.1 Å². The van der Waals surface area contributed by atoms with Crippen LogP contribution in [0.1, 0.15) is 0 Å². The Labute approximate surface area is 119 Å². The molecule has 0 bridgehead atoms. The number of rotatable bonds is 1. The lowest BCUT2D eigenvalue weighted by molar-refractivity contribution is 1.53. The molecule has 15 heavy (non-hydrogen) atoms. The van der Waals surface area contributed by atoms with E-state index < -0.39 is 0 Å². The molecule has 0 saturated heterocycles. The summed E-state index contributed by atoms with van der Waals surface area (Å²) in [6, 6.07) is 14.5. The maximum atomic E-state index is 3.58. The molecule has 0 aliphatic carbocycles. The van der Waals surface area contributed by atoms with Crippen molar-refractivity contribution in [3.05, 3.63) is 55.0 Å². The summed E-state index contributed by atoms with van der Waals surface area (Å²) in [7, 11) is 0. The molecule has 0 spiro atoms. The zero-order valence-corrected chi connectivity index (χ0v) is 13.0. The third-order valence-corrected chi connectivity index (χ3v) is 4.37. The molecule has 0 fully saturated rings. The normalized spacial score (nSPS) is 10.3. The average molecular weight is 438 g/mol.